The first-order chi connectivity index (χ1) is 9.39. The molecule has 1 fully saturated rings. The van der Waals surface area contributed by atoms with Crippen LogP contribution in [-0.2, 0) is 19.1 Å². The molecule has 0 bridgehead atoms. The number of carbonyl (C=O) groups excluding carboxylic acids is 2. The minimum absolute atomic E-state index is 0.0929. The molecule has 0 heterocycles. The largest absolute Gasteiger partial charge is 0.460 e. The molecule has 1 saturated carbocycles. The number of hydrogen-bond donors (Lipinski definition) is 1. The summed E-state index contributed by atoms with van der Waals surface area (Å²) < 4.78 is 10.8. The highest BCUT2D eigenvalue weighted by Gasteiger charge is 2.42. The molecule has 122 valence electrons. The Hall–Kier alpha value is -1.10. The number of ether oxygens (including phenoxy) is 2. The van der Waals surface area contributed by atoms with Crippen molar-refractivity contribution in [1.29, 1.82) is 0 Å². The molecule has 0 radical (unpaired) electrons. The van der Waals surface area contributed by atoms with Gasteiger partial charge in [-0.15, -0.1) is 0 Å². The molecule has 1 aliphatic carbocycles. The smallest absolute Gasteiger partial charge is 0.311 e. The van der Waals surface area contributed by atoms with Gasteiger partial charge in [-0.1, -0.05) is 0 Å². The summed E-state index contributed by atoms with van der Waals surface area (Å²) in [5.41, 5.74) is 4.98. The van der Waals surface area contributed by atoms with Crippen molar-refractivity contribution in [2.75, 3.05) is 0 Å². The van der Waals surface area contributed by atoms with Crippen LogP contribution in [0.25, 0.3) is 0 Å². The molecule has 5 nitrogen and oxygen atoms in total. The third-order valence-corrected chi connectivity index (χ3v) is 3.37. The standard InChI is InChI=1S/C16H29NO4/c1-15(2,3)20-12(18)9-10-7-8-11(17)13(10)14(19)21-16(4,5)6/h10-11,13H,7-9,17H2,1-6H3/t10-,11-,13+/m1/s1. The molecular formula is C16H29NO4. The fourth-order valence-corrected chi connectivity index (χ4v) is 2.68. The average Bonchev–Trinajstić information content (AvgIpc) is 2.53. The van der Waals surface area contributed by atoms with E-state index in [1.807, 2.05) is 41.5 Å². The number of hydrogen-bond acceptors (Lipinski definition) is 5. The van der Waals surface area contributed by atoms with E-state index in [1.165, 1.54) is 0 Å². The second-order valence-electron chi connectivity index (χ2n) is 7.85. The van der Waals surface area contributed by atoms with Crippen LogP contribution in [0.2, 0.25) is 0 Å². The number of esters is 2. The summed E-state index contributed by atoms with van der Waals surface area (Å²) in [6.45, 7) is 11.0. The molecule has 3 atom stereocenters. The summed E-state index contributed by atoms with van der Waals surface area (Å²) in [6.07, 6.45) is 1.70. The highest BCUT2D eigenvalue weighted by molar-refractivity contribution is 5.77. The molecule has 0 unspecified atom stereocenters. The quantitative estimate of drug-likeness (QED) is 0.810. The fraction of sp³-hybridized carbons (Fsp3) is 0.875. The lowest BCUT2D eigenvalue weighted by Crippen LogP contribution is -2.39. The predicted octanol–water partition coefficient (Wildman–Crippen LogP) is 2.41. The van der Waals surface area contributed by atoms with Crippen LogP contribution in [-0.4, -0.2) is 29.2 Å². The highest BCUT2D eigenvalue weighted by Crippen LogP contribution is 2.35. The normalized spacial score (nSPS) is 26.5. The van der Waals surface area contributed by atoms with Crippen LogP contribution in [0.4, 0.5) is 0 Å². The SMILES string of the molecule is CC(C)(C)OC(=O)C[C@H]1CC[C@@H](N)[C@H]1C(=O)OC(C)(C)C. The van der Waals surface area contributed by atoms with E-state index in [2.05, 4.69) is 0 Å². The van der Waals surface area contributed by atoms with Gasteiger partial charge in [0.25, 0.3) is 0 Å². The molecule has 2 N–H and O–H groups in total. The van der Waals surface area contributed by atoms with E-state index >= 15 is 0 Å². The Morgan fingerprint density at radius 1 is 1.00 bits per heavy atom. The van der Waals surface area contributed by atoms with E-state index in [1.54, 1.807) is 0 Å². The van der Waals surface area contributed by atoms with E-state index in [-0.39, 0.29) is 30.3 Å². The lowest BCUT2D eigenvalue weighted by molar-refractivity contribution is -0.163. The monoisotopic (exact) mass is 299 g/mol. The van der Waals surface area contributed by atoms with Crippen molar-refractivity contribution in [2.45, 2.75) is 78.0 Å². The van der Waals surface area contributed by atoms with E-state index in [0.29, 0.717) is 0 Å². The summed E-state index contributed by atoms with van der Waals surface area (Å²) in [7, 11) is 0. The zero-order valence-electron chi connectivity index (χ0n) is 14.1. The first-order valence-electron chi connectivity index (χ1n) is 7.59. The summed E-state index contributed by atoms with van der Waals surface area (Å²) in [5, 5.41) is 0. The van der Waals surface area contributed by atoms with Gasteiger partial charge in [0.15, 0.2) is 0 Å². The van der Waals surface area contributed by atoms with Gasteiger partial charge in [0.1, 0.15) is 11.2 Å². The Morgan fingerprint density at radius 2 is 1.52 bits per heavy atom. The first-order valence-corrected chi connectivity index (χ1v) is 7.59. The maximum absolute atomic E-state index is 12.3. The van der Waals surface area contributed by atoms with Crippen LogP contribution in [0.5, 0.6) is 0 Å². The van der Waals surface area contributed by atoms with Crippen molar-refractivity contribution in [3.05, 3.63) is 0 Å². The molecule has 0 aromatic carbocycles. The van der Waals surface area contributed by atoms with Crippen LogP contribution < -0.4 is 5.73 Å². The van der Waals surface area contributed by atoms with Gasteiger partial charge in [-0.2, -0.15) is 0 Å². The maximum Gasteiger partial charge on any atom is 0.311 e. The Bertz CT molecular complexity index is 392. The van der Waals surface area contributed by atoms with E-state index in [0.717, 1.165) is 12.8 Å². The number of rotatable bonds is 3. The summed E-state index contributed by atoms with van der Waals surface area (Å²) in [4.78, 5) is 24.3. The molecule has 0 spiro atoms. The van der Waals surface area contributed by atoms with Gasteiger partial charge in [-0.25, -0.2) is 0 Å². The summed E-state index contributed by atoms with van der Waals surface area (Å²) >= 11 is 0. The number of nitrogens with two attached hydrogens (primary N) is 1. The third-order valence-electron chi connectivity index (χ3n) is 3.37. The van der Waals surface area contributed by atoms with Gasteiger partial charge < -0.3 is 15.2 Å². The molecule has 0 aromatic heterocycles. The lowest BCUT2D eigenvalue weighted by atomic mass is 9.91. The molecule has 1 aliphatic rings. The van der Waals surface area contributed by atoms with Crippen LogP contribution >= 0.6 is 0 Å². The van der Waals surface area contributed by atoms with Gasteiger partial charge in [0, 0.05) is 12.5 Å². The molecule has 21 heavy (non-hydrogen) atoms. The Kier molecular flexibility index (Phi) is 5.42. The molecular weight excluding hydrogens is 270 g/mol. The van der Waals surface area contributed by atoms with E-state index < -0.39 is 17.1 Å². The van der Waals surface area contributed by atoms with Crippen molar-refractivity contribution in [2.24, 2.45) is 17.6 Å². The molecule has 0 aromatic rings. The van der Waals surface area contributed by atoms with E-state index in [9.17, 15) is 9.59 Å². The summed E-state index contributed by atoms with van der Waals surface area (Å²) in [6, 6.07) is -0.243. The zero-order chi connectivity index (χ0) is 16.4. The zero-order valence-corrected chi connectivity index (χ0v) is 14.1. The van der Waals surface area contributed by atoms with Gasteiger partial charge in [0.05, 0.1) is 5.92 Å². The van der Waals surface area contributed by atoms with Gasteiger partial charge >= 0.3 is 11.9 Å². The molecule has 0 aliphatic heterocycles. The van der Waals surface area contributed by atoms with Crippen molar-refractivity contribution >= 4 is 11.9 Å². The average molecular weight is 299 g/mol. The second-order valence-corrected chi connectivity index (χ2v) is 7.85. The fourth-order valence-electron chi connectivity index (χ4n) is 2.68. The van der Waals surface area contributed by atoms with Gasteiger partial charge in [-0.05, 0) is 60.3 Å². The van der Waals surface area contributed by atoms with Crippen molar-refractivity contribution in [1.82, 2.24) is 0 Å². The van der Waals surface area contributed by atoms with Gasteiger partial charge in [-0.3, -0.25) is 9.59 Å². The topological polar surface area (TPSA) is 78.6 Å². The van der Waals surface area contributed by atoms with Crippen molar-refractivity contribution in [3.63, 3.8) is 0 Å². The number of carbonyl (C=O) groups is 2. The van der Waals surface area contributed by atoms with E-state index in [4.69, 9.17) is 15.2 Å². The molecule has 0 amide bonds. The van der Waals surface area contributed by atoms with Crippen LogP contribution in [0.15, 0.2) is 0 Å². The van der Waals surface area contributed by atoms with Crippen LogP contribution in [0.3, 0.4) is 0 Å². The third kappa shape index (κ3) is 6.04. The van der Waals surface area contributed by atoms with Crippen LogP contribution in [0, 0.1) is 11.8 Å². The van der Waals surface area contributed by atoms with Crippen LogP contribution in [0.1, 0.15) is 60.8 Å². The minimum Gasteiger partial charge on any atom is -0.460 e. The first kappa shape index (κ1) is 18.0. The predicted molar refractivity (Wildman–Crippen MR) is 80.5 cm³/mol. The highest BCUT2D eigenvalue weighted by atomic mass is 16.6. The second kappa shape index (κ2) is 6.34. The Balaban J connectivity index is 2.69. The Morgan fingerprint density at radius 3 is 2.00 bits per heavy atom. The molecule has 1 rings (SSSR count). The minimum atomic E-state index is -0.546. The molecule has 0 saturated heterocycles. The van der Waals surface area contributed by atoms with Gasteiger partial charge in [0.2, 0.25) is 0 Å². The summed E-state index contributed by atoms with van der Waals surface area (Å²) in [5.74, 6) is -1.10. The Labute approximate surface area is 127 Å². The maximum atomic E-state index is 12.3. The van der Waals surface area contributed by atoms with Crippen molar-refractivity contribution < 1.29 is 19.1 Å². The van der Waals surface area contributed by atoms with Crippen molar-refractivity contribution in [3.8, 4) is 0 Å². The molecule has 5 heteroatoms. The lowest BCUT2D eigenvalue weighted by Gasteiger charge is -2.27.